The van der Waals surface area contributed by atoms with E-state index in [9.17, 15) is 18.4 Å². The van der Waals surface area contributed by atoms with Crippen LogP contribution in [0.4, 0.5) is 31.5 Å². The number of hydrogen-bond acceptors (Lipinski definition) is 8. The molecule has 5 aromatic rings. The number of rotatable bonds is 5. The van der Waals surface area contributed by atoms with E-state index >= 15 is 0 Å². The van der Waals surface area contributed by atoms with Crippen LogP contribution in [-0.4, -0.2) is 43.4 Å². The lowest BCUT2D eigenvalue weighted by Gasteiger charge is -2.29. The van der Waals surface area contributed by atoms with Gasteiger partial charge in [0.05, 0.1) is 35.2 Å². The molecule has 0 spiro atoms. The lowest BCUT2D eigenvalue weighted by molar-refractivity contribution is -0.136. The Kier molecular flexibility index (Phi) is 7.08. The smallest absolute Gasteiger partial charge is 0.243 e. The number of aliphatic imine (C=N–C) groups is 1. The Bertz CT molecular complexity index is 1880. The molecule has 4 unspecified atom stereocenters. The van der Waals surface area contributed by atoms with Crippen molar-refractivity contribution in [2.24, 2.45) is 16.8 Å². The molecule has 2 heterocycles. The molecule has 2 aliphatic carbocycles. The molecule has 0 aliphatic heterocycles. The summed E-state index contributed by atoms with van der Waals surface area (Å²) in [6, 6.07) is 24.7. The number of carbonyl (C=O) groups excluding carboxylic acids is 2. The van der Waals surface area contributed by atoms with Crippen molar-refractivity contribution in [3.8, 4) is 11.3 Å². The van der Waals surface area contributed by atoms with E-state index < -0.39 is 35.7 Å². The molecule has 0 radical (unpaired) electrons. The number of hydrogen-bond donors (Lipinski definition) is 0. The van der Waals surface area contributed by atoms with Crippen LogP contribution >= 0.6 is 11.7 Å². The minimum Gasteiger partial charge on any atom is -0.311 e. The summed E-state index contributed by atoms with van der Waals surface area (Å²) in [6.07, 6.45) is -2.16. The highest BCUT2D eigenvalue weighted by molar-refractivity contribution is 7.00. The van der Waals surface area contributed by atoms with Crippen molar-refractivity contribution in [3.05, 3.63) is 90.1 Å². The minimum atomic E-state index is -1.70. The van der Waals surface area contributed by atoms with Gasteiger partial charge in [-0.3, -0.25) is 14.6 Å². The number of carbonyl (C=O) groups is 2. The van der Waals surface area contributed by atoms with E-state index in [1.165, 1.54) is 17.3 Å². The van der Waals surface area contributed by atoms with Gasteiger partial charge in [0.1, 0.15) is 29.1 Å². The first-order chi connectivity index (χ1) is 21.3. The standard InChI is InChI=1S/C34H27F2N5O2S/c1-18-3-9-22(10-4-18)41(23-11-5-19(2)6-12-23)24-13-7-20(8-14-24)29-32-31(39-44-40-32)27(17-37-29)38-30-25-15-21(35)16-26(36)28(25)33(42)34(30)43/h3-14,17,21,25-26,28H,15-16H2,1-2H3. The molecule has 2 fully saturated rings. The van der Waals surface area contributed by atoms with Gasteiger partial charge in [0.2, 0.25) is 11.6 Å². The molecule has 44 heavy (non-hydrogen) atoms. The second kappa shape index (κ2) is 11.1. The van der Waals surface area contributed by atoms with Crippen molar-refractivity contribution in [2.45, 2.75) is 39.0 Å². The van der Waals surface area contributed by atoms with Crippen molar-refractivity contribution < 1.29 is 18.4 Å². The van der Waals surface area contributed by atoms with Crippen LogP contribution in [0.1, 0.15) is 24.0 Å². The molecule has 3 aromatic carbocycles. The topological polar surface area (TPSA) is 88.4 Å². The van der Waals surface area contributed by atoms with Crippen LogP contribution in [0.3, 0.4) is 0 Å². The fraction of sp³-hybridized carbons (Fsp3) is 0.235. The van der Waals surface area contributed by atoms with Gasteiger partial charge in [0, 0.05) is 35.0 Å². The van der Waals surface area contributed by atoms with Crippen LogP contribution < -0.4 is 4.90 Å². The van der Waals surface area contributed by atoms with Gasteiger partial charge < -0.3 is 4.90 Å². The van der Waals surface area contributed by atoms with Gasteiger partial charge >= 0.3 is 0 Å². The molecule has 0 bridgehead atoms. The number of aryl methyl sites for hydroxylation is 2. The van der Waals surface area contributed by atoms with Crippen LogP contribution in [0.25, 0.3) is 22.3 Å². The quantitative estimate of drug-likeness (QED) is 0.190. The van der Waals surface area contributed by atoms with Gasteiger partial charge in [0.25, 0.3) is 0 Å². The highest BCUT2D eigenvalue weighted by atomic mass is 32.1. The van der Waals surface area contributed by atoms with Gasteiger partial charge in [-0.2, -0.15) is 8.75 Å². The average molecular weight is 608 g/mol. The van der Waals surface area contributed by atoms with Crippen LogP contribution in [0.2, 0.25) is 0 Å². The molecule has 0 saturated heterocycles. The number of Topliss-reactive ketones (excluding diaryl/α,β-unsaturated/α-hetero) is 2. The third kappa shape index (κ3) is 4.89. The predicted octanol–water partition coefficient (Wildman–Crippen LogP) is 7.77. The van der Waals surface area contributed by atoms with Crippen molar-refractivity contribution in [3.63, 3.8) is 0 Å². The van der Waals surface area contributed by atoms with E-state index in [1.54, 1.807) is 0 Å². The van der Waals surface area contributed by atoms with E-state index in [2.05, 4.69) is 86.0 Å². The van der Waals surface area contributed by atoms with Crippen LogP contribution in [0.15, 0.2) is 84.0 Å². The highest BCUT2D eigenvalue weighted by Gasteiger charge is 2.54. The van der Waals surface area contributed by atoms with E-state index in [1.807, 2.05) is 24.3 Å². The van der Waals surface area contributed by atoms with Gasteiger partial charge in [-0.15, -0.1) is 0 Å². The van der Waals surface area contributed by atoms with E-state index in [4.69, 9.17) is 0 Å². The molecular weight excluding hydrogens is 580 g/mol. The van der Waals surface area contributed by atoms with Crippen molar-refractivity contribution in [1.29, 1.82) is 0 Å². The summed E-state index contributed by atoms with van der Waals surface area (Å²) in [6.45, 7) is 4.12. The first-order valence-corrected chi connectivity index (χ1v) is 15.1. The summed E-state index contributed by atoms with van der Waals surface area (Å²) in [4.78, 5) is 36.6. The highest BCUT2D eigenvalue weighted by Crippen LogP contribution is 2.42. The van der Waals surface area contributed by atoms with Crippen LogP contribution in [0.5, 0.6) is 0 Å². The maximum atomic E-state index is 14.6. The first kappa shape index (κ1) is 28.1. The largest absolute Gasteiger partial charge is 0.311 e. The molecule has 2 aliphatic rings. The fourth-order valence-electron chi connectivity index (χ4n) is 6.16. The van der Waals surface area contributed by atoms with Gasteiger partial charge in [-0.1, -0.05) is 47.5 Å². The number of aromatic nitrogens is 3. The summed E-state index contributed by atoms with van der Waals surface area (Å²) in [5.41, 5.74) is 7.77. The predicted molar refractivity (Wildman–Crippen MR) is 168 cm³/mol. The second-order valence-electron chi connectivity index (χ2n) is 11.4. The third-order valence-electron chi connectivity index (χ3n) is 8.42. The molecule has 220 valence electrons. The Morgan fingerprint density at radius 1 is 0.795 bits per heavy atom. The van der Waals surface area contributed by atoms with E-state index in [0.717, 1.165) is 34.4 Å². The van der Waals surface area contributed by atoms with E-state index in [-0.39, 0.29) is 24.2 Å². The lowest BCUT2D eigenvalue weighted by atomic mass is 9.78. The summed E-state index contributed by atoms with van der Waals surface area (Å²) in [7, 11) is 0. The second-order valence-corrected chi connectivity index (χ2v) is 11.9. The average Bonchev–Trinajstić information content (AvgIpc) is 3.60. The Morgan fingerprint density at radius 2 is 1.36 bits per heavy atom. The van der Waals surface area contributed by atoms with Crippen molar-refractivity contribution in [2.75, 3.05) is 4.90 Å². The van der Waals surface area contributed by atoms with Crippen molar-refractivity contribution >= 4 is 62.8 Å². The summed E-state index contributed by atoms with van der Waals surface area (Å²) < 4.78 is 37.7. The maximum absolute atomic E-state index is 14.6. The number of halogens is 2. The Hall–Kier alpha value is -4.70. The number of alkyl halides is 2. The molecule has 0 N–H and O–H groups in total. The molecule has 7 rings (SSSR count). The summed E-state index contributed by atoms with van der Waals surface area (Å²) in [5.74, 6) is -3.77. The zero-order valence-corrected chi connectivity index (χ0v) is 24.8. The van der Waals surface area contributed by atoms with E-state index in [0.29, 0.717) is 16.7 Å². The van der Waals surface area contributed by atoms with Crippen LogP contribution in [-0.2, 0) is 9.59 Å². The molecular formula is C34H27F2N5O2S. The molecule has 7 nitrogen and oxygen atoms in total. The maximum Gasteiger partial charge on any atom is 0.243 e. The molecule has 0 amide bonds. The Balaban J connectivity index is 1.24. The first-order valence-electron chi connectivity index (χ1n) is 14.4. The SMILES string of the molecule is Cc1ccc(N(c2ccc(C)cc2)c2ccc(-c3ncc(N=C4C(=O)C(=O)C5C(F)CC(F)CC45)c4nsnc34)cc2)cc1. The number of nitrogens with zero attached hydrogens (tertiary/aromatic N) is 5. The lowest BCUT2D eigenvalue weighted by Crippen LogP contribution is -2.36. The molecule has 2 aromatic heterocycles. The molecule has 4 atom stereocenters. The fourth-order valence-corrected chi connectivity index (χ4v) is 6.71. The van der Waals surface area contributed by atoms with Gasteiger partial charge in [0.15, 0.2) is 0 Å². The number of anilines is 3. The molecule has 10 heteroatoms. The molecule has 2 saturated carbocycles. The van der Waals surface area contributed by atoms with Crippen molar-refractivity contribution in [1.82, 2.24) is 13.7 Å². The minimum absolute atomic E-state index is 0.111. The normalized spacial score (nSPS) is 22.5. The van der Waals surface area contributed by atoms with Gasteiger partial charge in [-0.05, 0) is 56.7 Å². The summed E-state index contributed by atoms with van der Waals surface area (Å²) in [5, 5.41) is 0. The summed E-state index contributed by atoms with van der Waals surface area (Å²) >= 11 is 0.974. The monoisotopic (exact) mass is 607 g/mol. The zero-order valence-electron chi connectivity index (χ0n) is 23.9. The van der Waals surface area contributed by atoms with Crippen LogP contribution in [0, 0.1) is 25.7 Å². The Labute approximate surface area is 256 Å². The number of benzene rings is 3. The third-order valence-corrected chi connectivity index (χ3v) is 8.95. The Morgan fingerprint density at radius 3 is 1.98 bits per heavy atom. The van der Waals surface area contributed by atoms with Gasteiger partial charge in [-0.25, -0.2) is 13.8 Å². The number of fused-ring (bicyclic) bond motifs is 2. The zero-order chi connectivity index (χ0) is 30.5. The number of ketones is 2. The number of pyridine rings is 1.